The lowest BCUT2D eigenvalue weighted by molar-refractivity contribution is 0.0950. The standard InChI is InChI=1S/C24H21N5O2/c1-17-8-10-18(11-9-17)16-31-23-7-3-2-6-20(23)21-13-22(28-27-21)24(30)29-26-15-19-5-4-12-25-14-19/h2-15H,16H2,1H3,(H,27,28)(H,29,30)/b26-15-. The van der Waals surface area contributed by atoms with Crippen LogP contribution in [0.25, 0.3) is 11.3 Å². The molecule has 154 valence electrons. The van der Waals surface area contributed by atoms with Crippen molar-refractivity contribution in [1.29, 1.82) is 0 Å². The average Bonchev–Trinajstić information content (AvgIpc) is 3.30. The predicted octanol–water partition coefficient (Wildman–Crippen LogP) is 4.12. The maximum atomic E-state index is 12.4. The number of aryl methyl sites for hydroxylation is 1. The summed E-state index contributed by atoms with van der Waals surface area (Å²) in [5.74, 6) is 0.299. The van der Waals surface area contributed by atoms with Crippen LogP contribution in [0.5, 0.6) is 5.75 Å². The van der Waals surface area contributed by atoms with Crippen molar-refractivity contribution >= 4 is 12.1 Å². The van der Waals surface area contributed by atoms with Crippen molar-refractivity contribution in [1.82, 2.24) is 20.6 Å². The van der Waals surface area contributed by atoms with Crippen molar-refractivity contribution in [3.63, 3.8) is 0 Å². The number of carbonyl (C=O) groups excluding carboxylic acids is 1. The molecule has 7 nitrogen and oxygen atoms in total. The number of pyridine rings is 1. The smallest absolute Gasteiger partial charge is 0.289 e. The van der Waals surface area contributed by atoms with Gasteiger partial charge in [-0.1, -0.05) is 48.0 Å². The first-order valence-corrected chi connectivity index (χ1v) is 9.75. The van der Waals surface area contributed by atoms with E-state index in [0.717, 1.165) is 16.7 Å². The first-order valence-electron chi connectivity index (χ1n) is 9.75. The molecule has 7 heteroatoms. The quantitative estimate of drug-likeness (QED) is 0.353. The number of amides is 1. The van der Waals surface area contributed by atoms with Crippen LogP contribution in [0.15, 0.2) is 84.2 Å². The third kappa shape index (κ3) is 5.22. The molecule has 2 heterocycles. The molecule has 2 N–H and O–H groups in total. The number of para-hydroxylation sites is 1. The summed E-state index contributed by atoms with van der Waals surface area (Å²) in [6.45, 7) is 2.49. The fraction of sp³-hybridized carbons (Fsp3) is 0.0833. The highest BCUT2D eigenvalue weighted by atomic mass is 16.5. The van der Waals surface area contributed by atoms with Crippen molar-refractivity contribution in [3.8, 4) is 17.0 Å². The van der Waals surface area contributed by atoms with E-state index < -0.39 is 5.91 Å². The Morgan fingerprint density at radius 3 is 2.77 bits per heavy atom. The van der Waals surface area contributed by atoms with Crippen LogP contribution in [-0.4, -0.2) is 27.3 Å². The molecule has 2 aromatic carbocycles. The summed E-state index contributed by atoms with van der Waals surface area (Å²) >= 11 is 0. The summed E-state index contributed by atoms with van der Waals surface area (Å²) in [7, 11) is 0. The van der Waals surface area contributed by atoms with Gasteiger partial charge in [-0.3, -0.25) is 14.9 Å². The van der Waals surface area contributed by atoms with Crippen molar-refractivity contribution in [2.75, 3.05) is 0 Å². The molecule has 0 atom stereocenters. The number of H-pyrrole nitrogens is 1. The van der Waals surface area contributed by atoms with Gasteiger partial charge in [0.15, 0.2) is 0 Å². The van der Waals surface area contributed by atoms with E-state index in [1.807, 2.05) is 42.5 Å². The molecule has 0 bridgehead atoms. The minimum atomic E-state index is -0.392. The van der Waals surface area contributed by atoms with Gasteiger partial charge in [0.2, 0.25) is 0 Å². The fourth-order valence-corrected chi connectivity index (χ4v) is 2.90. The van der Waals surface area contributed by atoms with Crippen LogP contribution < -0.4 is 10.2 Å². The first kappa shape index (κ1) is 20.0. The molecule has 0 aliphatic rings. The lowest BCUT2D eigenvalue weighted by Gasteiger charge is -2.10. The Bertz CT molecular complexity index is 1180. The Kier molecular flexibility index (Phi) is 6.13. The molecule has 0 saturated heterocycles. The lowest BCUT2D eigenvalue weighted by atomic mass is 10.1. The number of hydrogen-bond donors (Lipinski definition) is 2. The van der Waals surface area contributed by atoms with Gasteiger partial charge in [-0.15, -0.1) is 0 Å². The van der Waals surface area contributed by atoms with Gasteiger partial charge >= 0.3 is 0 Å². The number of nitrogens with zero attached hydrogens (tertiary/aromatic N) is 3. The van der Waals surface area contributed by atoms with E-state index in [4.69, 9.17) is 4.74 Å². The van der Waals surface area contributed by atoms with E-state index >= 15 is 0 Å². The molecular formula is C24H21N5O2. The highest BCUT2D eigenvalue weighted by Gasteiger charge is 2.13. The number of rotatable bonds is 7. The zero-order chi connectivity index (χ0) is 21.5. The molecular weight excluding hydrogens is 390 g/mol. The highest BCUT2D eigenvalue weighted by molar-refractivity contribution is 5.94. The molecule has 0 radical (unpaired) electrons. The molecule has 0 spiro atoms. The third-order valence-electron chi connectivity index (χ3n) is 4.56. The second-order valence-electron chi connectivity index (χ2n) is 6.92. The maximum Gasteiger partial charge on any atom is 0.289 e. The summed E-state index contributed by atoms with van der Waals surface area (Å²) in [5.41, 5.74) is 7.25. The van der Waals surface area contributed by atoms with Crippen molar-refractivity contribution in [2.24, 2.45) is 5.10 Å². The summed E-state index contributed by atoms with van der Waals surface area (Å²) in [6, 6.07) is 21.1. The van der Waals surface area contributed by atoms with E-state index in [0.29, 0.717) is 23.7 Å². The number of hydrazone groups is 1. The number of aromatic amines is 1. The van der Waals surface area contributed by atoms with Gasteiger partial charge in [0, 0.05) is 23.5 Å². The number of benzene rings is 2. The molecule has 0 fully saturated rings. The maximum absolute atomic E-state index is 12.4. The molecule has 0 aliphatic heterocycles. The van der Waals surface area contributed by atoms with Crippen LogP contribution in [0.3, 0.4) is 0 Å². The second-order valence-corrected chi connectivity index (χ2v) is 6.92. The minimum Gasteiger partial charge on any atom is -0.488 e. The van der Waals surface area contributed by atoms with Crippen LogP contribution >= 0.6 is 0 Å². The number of ether oxygens (including phenoxy) is 1. The predicted molar refractivity (Wildman–Crippen MR) is 119 cm³/mol. The number of carbonyl (C=O) groups is 1. The fourth-order valence-electron chi connectivity index (χ4n) is 2.90. The van der Waals surface area contributed by atoms with Gasteiger partial charge < -0.3 is 4.74 Å². The van der Waals surface area contributed by atoms with Gasteiger partial charge in [-0.05, 0) is 36.8 Å². The number of nitrogens with one attached hydrogen (secondary N) is 2. The Morgan fingerprint density at radius 2 is 1.97 bits per heavy atom. The van der Waals surface area contributed by atoms with Gasteiger partial charge in [-0.25, -0.2) is 5.43 Å². The summed E-state index contributed by atoms with van der Waals surface area (Å²) in [5, 5.41) is 11.0. The monoisotopic (exact) mass is 411 g/mol. The Balaban J connectivity index is 1.44. The largest absolute Gasteiger partial charge is 0.488 e. The van der Waals surface area contributed by atoms with Gasteiger partial charge in [-0.2, -0.15) is 10.2 Å². The Morgan fingerprint density at radius 1 is 1.13 bits per heavy atom. The molecule has 4 rings (SSSR count). The molecule has 31 heavy (non-hydrogen) atoms. The SMILES string of the molecule is Cc1ccc(COc2ccccc2-c2cc(C(=O)N/N=C\c3cccnc3)[nH]n2)cc1. The average molecular weight is 411 g/mol. The van der Waals surface area contributed by atoms with Crippen LogP contribution in [-0.2, 0) is 6.61 Å². The number of hydrogen-bond acceptors (Lipinski definition) is 5. The topological polar surface area (TPSA) is 92.3 Å². The highest BCUT2D eigenvalue weighted by Crippen LogP contribution is 2.29. The van der Waals surface area contributed by atoms with Crippen molar-refractivity contribution < 1.29 is 9.53 Å². The van der Waals surface area contributed by atoms with Crippen LogP contribution in [0, 0.1) is 6.92 Å². The van der Waals surface area contributed by atoms with Crippen molar-refractivity contribution in [2.45, 2.75) is 13.5 Å². The summed E-state index contributed by atoms with van der Waals surface area (Å²) < 4.78 is 6.02. The molecule has 1 amide bonds. The van der Waals surface area contributed by atoms with Crippen LogP contribution in [0.1, 0.15) is 27.2 Å². The molecule has 0 saturated carbocycles. The Hall–Kier alpha value is -4.26. The van der Waals surface area contributed by atoms with Crippen LogP contribution in [0.2, 0.25) is 0 Å². The van der Waals surface area contributed by atoms with E-state index in [1.165, 1.54) is 11.8 Å². The zero-order valence-corrected chi connectivity index (χ0v) is 16.9. The van der Waals surface area contributed by atoms with Crippen LogP contribution in [0.4, 0.5) is 0 Å². The van der Waals surface area contributed by atoms with Gasteiger partial charge in [0.1, 0.15) is 18.1 Å². The molecule has 2 aromatic heterocycles. The second kappa shape index (κ2) is 9.49. The zero-order valence-electron chi connectivity index (χ0n) is 16.9. The molecule has 4 aromatic rings. The van der Waals surface area contributed by atoms with E-state index in [9.17, 15) is 4.79 Å². The van der Waals surface area contributed by atoms with Gasteiger partial charge in [0.25, 0.3) is 5.91 Å². The van der Waals surface area contributed by atoms with Crippen molar-refractivity contribution in [3.05, 3.63) is 102 Å². The Labute approximate surface area is 179 Å². The third-order valence-corrected chi connectivity index (χ3v) is 4.56. The normalized spacial score (nSPS) is 10.9. The number of aromatic nitrogens is 3. The van der Waals surface area contributed by atoms with E-state index in [1.54, 1.807) is 24.5 Å². The first-order chi connectivity index (χ1) is 15.2. The summed E-state index contributed by atoms with van der Waals surface area (Å²) in [6.07, 6.45) is 4.85. The minimum absolute atomic E-state index is 0.298. The van der Waals surface area contributed by atoms with Gasteiger partial charge in [0.05, 0.1) is 11.9 Å². The molecule has 0 aliphatic carbocycles. The summed E-state index contributed by atoms with van der Waals surface area (Å²) in [4.78, 5) is 16.4. The lowest BCUT2D eigenvalue weighted by Crippen LogP contribution is -2.18. The molecule has 0 unspecified atom stereocenters. The van der Waals surface area contributed by atoms with E-state index in [-0.39, 0.29) is 0 Å². The van der Waals surface area contributed by atoms with E-state index in [2.05, 4.69) is 44.8 Å².